The van der Waals surface area contributed by atoms with Crippen LogP contribution in [0.1, 0.15) is 23.3 Å². The largest absolute Gasteiger partial charge is 0.472 e. The second-order valence-electron chi connectivity index (χ2n) is 4.76. The average molecular weight is 291 g/mol. The number of aromatic amines is 1. The van der Waals surface area contributed by atoms with Gasteiger partial charge in [0.25, 0.3) is 11.8 Å². The summed E-state index contributed by atoms with van der Waals surface area (Å²) in [5.41, 5.74) is 0.296. The second-order valence-corrected chi connectivity index (χ2v) is 4.76. The Morgan fingerprint density at radius 3 is 2.90 bits per heavy atom. The molecule has 1 aliphatic heterocycles. The number of ether oxygens (including phenoxy) is 1. The van der Waals surface area contributed by atoms with E-state index in [1.165, 1.54) is 24.5 Å². The summed E-state index contributed by atoms with van der Waals surface area (Å²) in [4.78, 5) is 17.6. The minimum Gasteiger partial charge on any atom is -0.472 e. The van der Waals surface area contributed by atoms with Crippen LogP contribution in [0.25, 0.3) is 0 Å². The molecular formula is C13H14FN5O2. The fourth-order valence-corrected chi connectivity index (χ4v) is 2.26. The van der Waals surface area contributed by atoms with Gasteiger partial charge in [0.1, 0.15) is 6.10 Å². The molecule has 1 saturated heterocycles. The summed E-state index contributed by atoms with van der Waals surface area (Å²) < 4.78 is 19.0. The van der Waals surface area contributed by atoms with Crippen LogP contribution in [0.4, 0.5) is 4.39 Å². The van der Waals surface area contributed by atoms with E-state index in [1.54, 1.807) is 4.90 Å². The minimum atomic E-state index is -0.474. The molecule has 2 aromatic heterocycles. The Bertz CT molecular complexity index is 611. The maximum Gasteiger partial charge on any atom is 0.276 e. The van der Waals surface area contributed by atoms with E-state index in [2.05, 4.69) is 20.4 Å². The van der Waals surface area contributed by atoms with Gasteiger partial charge in [-0.25, -0.2) is 9.37 Å². The van der Waals surface area contributed by atoms with E-state index in [9.17, 15) is 9.18 Å². The lowest BCUT2D eigenvalue weighted by atomic mass is 10.1. The van der Waals surface area contributed by atoms with Crippen molar-refractivity contribution in [3.63, 3.8) is 0 Å². The third kappa shape index (κ3) is 2.99. The molecule has 0 aromatic carbocycles. The Morgan fingerprint density at radius 1 is 1.43 bits per heavy atom. The monoisotopic (exact) mass is 291 g/mol. The zero-order valence-corrected chi connectivity index (χ0v) is 11.2. The van der Waals surface area contributed by atoms with Crippen LogP contribution in [0.15, 0.2) is 24.5 Å². The summed E-state index contributed by atoms with van der Waals surface area (Å²) in [7, 11) is 0. The van der Waals surface area contributed by atoms with Crippen LogP contribution in [-0.4, -0.2) is 50.4 Å². The summed E-state index contributed by atoms with van der Waals surface area (Å²) in [6.45, 7) is 1.07. The molecule has 21 heavy (non-hydrogen) atoms. The van der Waals surface area contributed by atoms with E-state index in [0.29, 0.717) is 31.6 Å². The molecule has 2 aromatic rings. The lowest BCUT2D eigenvalue weighted by Gasteiger charge is -2.31. The topological polar surface area (TPSA) is 84.0 Å². The van der Waals surface area contributed by atoms with Crippen molar-refractivity contribution in [2.75, 3.05) is 13.1 Å². The van der Waals surface area contributed by atoms with Gasteiger partial charge in [0.15, 0.2) is 11.5 Å². The average Bonchev–Trinajstić information content (AvgIpc) is 3.04. The Kier molecular flexibility index (Phi) is 3.76. The number of nitrogens with one attached hydrogen (secondary N) is 1. The van der Waals surface area contributed by atoms with Crippen molar-refractivity contribution in [2.45, 2.75) is 18.9 Å². The molecule has 1 aliphatic rings. The lowest BCUT2D eigenvalue weighted by Crippen LogP contribution is -2.42. The molecule has 0 atom stereocenters. The van der Waals surface area contributed by atoms with E-state index in [-0.39, 0.29) is 17.9 Å². The number of rotatable bonds is 3. The molecule has 0 bridgehead atoms. The normalized spacial score (nSPS) is 16.0. The number of hydrogen-bond donors (Lipinski definition) is 1. The molecule has 8 heteroatoms. The third-order valence-electron chi connectivity index (χ3n) is 3.37. The summed E-state index contributed by atoms with van der Waals surface area (Å²) in [5.74, 6) is -0.622. The molecule has 1 N–H and O–H groups in total. The second kappa shape index (κ2) is 5.86. The SMILES string of the molecule is O=C(c1cn[nH]n1)N1CCC(Oc2ncccc2F)CC1. The number of pyridine rings is 1. The van der Waals surface area contributed by atoms with Gasteiger partial charge in [-0.1, -0.05) is 0 Å². The fourth-order valence-electron chi connectivity index (χ4n) is 2.26. The molecule has 0 aliphatic carbocycles. The number of carbonyl (C=O) groups is 1. The van der Waals surface area contributed by atoms with E-state index >= 15 is 0 Å². The maximum atomic E-state index is 13.5. The first kappa shape index (κ1) is 13.5. The number of aromatic nitrogens is 4. The summed E-state index contributed by atoms with van der Waals surface area (Å²) in [5, 5.41) is 9.81. The molecular weight excluding hydrogens is 277 g/mol. The van der Waals surface area contributed by atoms with Crippen LogP contribution in [0, 0.1) is 5.82 Å². The van der Waals surface area contributed by atoms with Crippen LogP contribution in [0.5, 0.6) is 5.88 Å². The van der Waals surface area contributed by atoms with Gasteiger partial charge in [0.2, 0.25) is 0 Å². The molecule has 1 amide bonds. The highest BCUT2D eigenvalue weighted by atomic mass is 19.1. The van der Waals surface area contributed by atoms with Crippen LogP contribution < -0.4 is 4.74 Å². The molecule has 0 unspecified atom stereocenters. The van der Waals surface area contributed by atoms with Crippen LogP contribution in [0.2, 0.25) is 0 Å². The molecule has 1 fully saturated rings. The first-order chi connectivity index (χ1) is 10.2. The van der Waals surface area contributed by atoms with Crippen molar-refractivity contribution in [1.82, 2.24) is 25.3 Å². The molecule has 3 heterocycles. The molecule has 0 spiro atoms. The Morgan fingerprint density at radius 2 is 2.24 bits per heavy atom. The van der Waals surface area contributed by atoms with Gasteiger partial charge in [-0.2, -0.15) is 15.4 Å². The van der Waals surface area contributed by atoms with Crippen molar-refractivity contribution < 1.29 is 13.9 Å². The first-order valence-corrected chi connectivity index (χ1v) is 6.66. The van der Waals surface area contributed by atoms with Gasteiger partial charge in [-0.15, -0.1) is 0 Å². The zero-order valence-electron chi connectivity index (χ0n) is 11.2. The smallest absolute Gasteiger partial charge is 0.276 e. The highest BCUT2D eigenvalue weighted by molar-refractivity contribution is 5.91. The maximum absolute atomic E-state index is 13.5. The number of nitrogens with zero attached hydrogens (tertiary/aromatic N) is 4. The number of carbonyl (C=O) groups excluding carboxylic acids is 1. The molecule has 110 valence electrons. The summed E-state index contributed by atoms with van der Waals surface area (Å²) in [6, 6.07) is 2.83. The van der Waals surface area contributed by atoms with Gasteiger partial charge < -0.3 is 9.64 Å². The van der Waals surface area contributed by atoms with Crippen molar-refractivity contribution in [3.8, 4) is 5.88 Å². The van der Waals surface area contributed by atoms with Crippen molar-refractivity contribution in [3.05, 3.63) is 36.0 Å². The number of likely N-dealkylation sites (tertiary alicyclic amines) is 1. The van der Waals surface area contributed by atoms with Crippen molar-refractivity contribution in [1.29, 1.82) is 0 Å². The Labute approximate surface area is 120 Å². The molecule has 0 saturated carbocycles. The fraction of sp³-hybridized carbons (Fsp3) is 0.385. The predicted octanol–water partition coefficient (Wildman–Crippen LogP) is 1.02. The predicted molar refractivity (Wildman–Crippen MR) is 70.1 cm³/mol. The number of amides is 1. The van der Waals surface area contributed by atoms with Crippen LogP contribution >= 0.6 is 0 Å². The number of piperidine rings is 1. The summed E-state index contributed by atoms with van der Waals surface area (Å²) >= 11 is 0. The van der Waals surface area contributed by atoms with Crippen LogP contribution in [-0.2, 0) is 0 Å². The molecule has 0 radical (unpaired) electrons. The third-order valence-corrected chi connectivity index (χ3v) is 3.37. The minimum absolute atomic E-state index is 0.0128. The number of H-pyrrole nitrogens is 1. The number of halogens is 1. The quantitative estimate of drug-likeness (QED) is 0.912. The highest BCUT2D eigenvalue weighted by Crippen LogP contribution is 2.20. The first-order valence-electron chi connectivity index (χ1n) is 6.66. The van der Waals surface area contributed by atoms with Crippen LogP contribution in [0.3, 0.4) is 0 Å². The zero-order chi connectivity index (χ0) is 14.7. The van der Waals surface area contributed by atoms with Gasteiger partial charge in [-0.3, -0.25) is 4.79 Å². The number of hydrogen-bond acceptors (Lipinski definition) is 5. The Hall–Kier alpha value is -2.51. The van der Waals surface area contributed by atoms with E-state index in [0.717, 1.165) is 0 Å². The highest BCUT2D eigenvalue weighted by Gasteiger charge is 2.26. The lowest BCUT2D eigenvalue weighted by molar-refractivity contribution is 0.0574. The van der Waals surface area contributed by atoms with Gasteiger partial charge in [0, 0.05) is 32.1 Å². The standard InChI is InChI=1S/C13H14FN5O2/c14-10-2-1-5-15-12(10)21-9-3-6-19(7-4-9)13(20)11-8-16-18-17-11/h1-2,5,8-9H,3-4,6-7H2,(H,16,17,18). The molecule has 3 rings (SSSR count). The molecule has 7 nitrogen and oxygen atoms in total. The summed E-state index contributed by atoms with van der Waals surface area (Å²) in [6.07, 6.45) is 3.99. The van der Waals surface area contributed by atoms with E-state index in [4.69, 9.17) is 4.74 Å². The van der Waals surface area contributed by atoms with Crippen molar-refractivity contribution in [2.24, 2.45) is 0 Å². The Balaban J connectivity index is 1.56. The van der Waals surface area contributed by atoms with Gasteiger partial charge in [-0.05, 0) is 12.1 Å². The van der Waals surface area contributed by atoms with Gasteiger partial charge in [0.05, 0.1) is 6.20 Å². The van der Waals surface area contributed by atoms with E-state index in [1.807, 2.05) is 0 Å². The van der Waals surface area contributed by atoms with E-state index < -0.39 is 5.82 Å². The van der Waals surface area contributed by atoms with Crippen molar-refractivity contribution >= 4 is 5.91 Å². The van der Waals surface area contributed by atoms with Gasteiger partial charge >= 0.3 is 0 Å².